The first-order valence-electron chi connectivity index (χ1n) is 6.05. The zero-order chi connectivity index (χ0) is 12.0. The van der Waals surface area contributed by atoms with Crippen molar-refractivity contribution in [2.24, 2.45) is 5.73 Å². The van der Waals surface area contributed by atoms with Gasteiger partial charge in [0.1, 0.15) is 5.75 Å². The molecule has 1 aromatic heterocycles. The lowest BCUT2D eigenvalue weighted by Gasteiger charge is -2.11. The Morgan fingerprint density at radius 2 is 2.18 bits per heavy atom. The number of methoxy groups -OCH3 is 1. The molecule has 1 aliphatic rings. The van der Waals surface area contributed by atoms with Crippen LogP contribution >= 0.6 is 0 Å². The Balaban J connectivity index is 2.09. The number of hydrogen-bond acceptors (Lipinski definition) is 2. The molecule has 0 aliphatic heterocycles. The molecule has 1 heterocycles. The lowest BCUT2D eigenvalue weighted by Crippen LogP contribution is -2.24. The topological polar surface area (TPSA) is 51.0 Å². The molecule has 3 N–H and O–H groups in total. The molecule has 1 aromatic carbocycles. The molecule has 0 radical (unpaired) electrons. The van der Waals surface area contributed by atoms with E-state index < -0.39 is 0 Å². The second-order valence-electron chi connectivity index (χ2n) is 5.23. The predicted molar refractivity (Wildman–Crippen MR) is 69.4 cm³/mol. The Labute approximate surface area is 101 Å². The smallest absolute Gasteiger partial charge is 0.143 e. The predicted octanol–water partition coefficient (Wildman–Crippen LogP) is 2.52. The summed E-state index contributed by atoms with van der Waals surface area (Å²) >= 11 is 0. The molecule has 90 valence electrons. The summed E-state index contributed by atoms with van der Waals surface area (Å²) in [5, 5.41) is 1.24. The standard InChI is InChI=1S/C14H18N2O/c1-9-8-16-13-11(9)5-10(6-12(13)17-2)7-14(15)3-4-14/h5-6,8,16H,3-4,7,15H2,1-2H3. The van der Waals surface area contributed by atoms with Crippen LogP contribution < -0.4 is 10.5 Å². The minimum absolute atomic E-state index is 0.0445. The molecule has 3 heteroatoms. The van der Waals surface area contributed by atoms with Crippen LogP contribution in [0.1, 0.15) is 24.0 Å². The fourth-order valence-electron chi connectivity index (χ4n) is 2.40. The van der Waals surface area contributed by atoms with Crippen molar-refractivity contribution in [1.82, 2.24) is 4.98 Å². The Bertz CT molecular complexity index is 567. The van der Waals surface area contributed by atoms with Gasteiger partial charge in [-0.15, -0.1) is 0 Å². The normalized spacial score (nSPS) is 17.4. The average molecular weight is 230 g/mol. The van der Waals surface area contributed by atoms with Gasteiger partial charge in [-0.2, -0.15) is 0 Å². The number of rotatable bonds is 3. The van der Waals surface area contributed by atoms with E-state index in [-0.39, 0.29) is 5.54 Å². The largest absolute Gasteiger partial charge is 0.495 e. The van der Waals surface area contributed by atoms with E-state index in [0.717, 1.165) is 30.5 Å². The first kappa shape index (κ1) is 10.7. The first-order chi connectivity index (χ1) is 8.11. The van der Waals surface area contributed by atoms with E-state index in [9.17, 15) is 0 Å². The summed E-state index contributed by atoms with van der Waals surface area (Å²) in [5.74, 6) is 0.912. The van der Waals surface area contributed by atoms with Crippen molar-refractivity contribution in [3.63, 3.8) is 0 Å². The Kier molecular flexibility index (Phi) is 2.20. The van der Waals surface area contributed by atoms with Gasteiger partial charge in [0.15, 0.2) is 0 Å². The summed E-state index contributed by atoms with van der Waals surface area (Å²) in [5.41, 5.74) is 9.83. The molecule has 0 bridgehead atoms. The third kappa shape index (κ3) is 1.80. The van der Waals surface area contributed by atoms with Crippen molar-refractivity contribution in [3.8, 4) is 5.75 Å². The molecule has 3 rings (SSSR count). The van der Waals surface area contributed by atoms with Crippen LogP contribution in [0, 0.1) is 6.92 Å². The summed E-state index contributed by atoms with van der Waals surface area (Å²) < 4.78 is 5.44. The van der Waals surface area contributed by atoms with E-state index in [2.05, 4.69) is 24.0 Å². The van der Waals surface area contributed by atoms with Crippen molar-refractivity contribution in [2.75, 3.05) is 7.11 Å². The highest BCUT2D eigenvalue weighted by Gasteiger charge is 2.38. The fourth-order valence-corrected chi connectivity index (χ4v) is 2.40. The summed E-state index contributed by atoms with van der Waals surface area (Å²) in [6, 6.07) is 4.34. The van der Waals surface area contributed by atoms with Crippen molar-refractivity contribution < 1.29 is 4.74 Å². The van der Waals surface area contributed by atoms with Crippen LogP contribution in [0.2, 0.25) is 0 Å². The summed E-state index contributed by atoms with van der Waals surface area (Å²) in [7, 11) is 1.71. The number of fused-ring (bicyclic) bond motifs is 1. The molecule has 17 heavy (non-hydrogen) atoms. The van der Waals surface area contributed by atoms with Crippen molar-refractivity contribution >= 4 is 10.9 Å². The Hall–Kier alpha value is -1.48. The van der Waals surface area contributed by atoms with Crippen LogP contribution in [0.3, 0.4) is 0 Å². The number of benzene rings is 1. The lowest BCUT2D eigenvalue weighted by molar-refractivity contribution is 0.418. The first-order valence-corrected chi connectivity index (χ1v) is 6.05. The van der Waals surface area contributed by atoms with E-state index in [1.54, 1.807) is 7.11 Å². The molecule has 0 unspecified atom stereocenters. The van der Waals surface area contributed by atoms with Gasteiger partial charge < -0.3 is 15.5 Å². The fraction of sp³-hybridized carbons (Fsp3) is 0.429. The highest BCUT2D eigenvalue weighted by Crippen LogP contribution is 2.38. The van der Waals surface area contributed by atoms with Gasteiger partial charge in [0.25, 0.3) is 0 Å². The maximum Gasteiger partial charge on any atom is 0.143 e. The molecule has 0 saturated heterocycles. The summed E-state index contributed by atoms with van der Waals surface area (Å²) in [6.07, 6.45) is 5.25. The molecular formula is C14H18N2O. The second-order valence-corrected chi connectivity index (χ2v) is 5.23. The summed E-state index contributed by atoms with van der Waals surface area (Å²) in [4.78, 5) is 3.26. The van der Waals surface area contributed by atoms with Crippen LogP contribution in [0.5, 0.6) is 5.75 Å². The molecule has 1 aliphatic carbocycles. The summed E-state index contributed by atoms with van der Waals surface area (Å²) in [6.45, 7) is 2.11. The van der Waals surface area contributed by atoms with E-state index >= 15 is 0 Å². The van der Waals surface area contributed by atoms with Crippen molar-refractivity contribution in [1.29, 1.82) is 0 Å². The monoisotopic (exact) mass is 230 g/mol. The molecule has 0 amide bonds. The molecular weight excluding hydrogens is 212 g/mol. The Morgan fingerprint density at radius 1 is 1.41 bits per heavy atom. The molecule has 0 spiro atoms. The van der Waals surface area contributed by atoms with Crippen LogP contribution in [-0.2, 0) is 6.42 Å². The maximum absolute atomic E-state index is 6.18. The van der Waals surface area contributed by atoms with Crippen LogP contribution in [0.4, 0.5) is 0 Å². The van der Waals surface area contributed by atoms with E-state index in [0.29, 0.717) is 0 Å². The minimum atomic E-state index is 0.0445. The maximum atomic E-state index is 6.18. The minimum Gasteiger partial charge on any atom is -0.495 e. The van der Waals surface area contributed by atoms with Gasteiger partial charge in [-0.1, -0.05) is 0 Å². The van der Waals surface area contributed by atoms with Gasteiger partial charge in [0.2, 0.25) is 0 Å². The molecule has 0 atom stereocenters. The van der Waals surface area contributed by atoms with Gasteiger partial charge in [-0.3, -0.25) is 0 Å². The SMILES string of the molecule is COc1cc(CC2(N)CC2)cc2c(C)c[nH]c12. The van der Waals surface area contributed by atoms with Crippen molar-refractivity contribution in [3.05, 3.63) is 29.5 Å². The number of hydrogen-bond donors (Lipinski definition) is 2. The van der Waals surface area contributed by atoms with E-state index in [1.165, 1.54) is 16.5 Å². The molecule has 2 aromatic rings. The number of aryl methyl sites for hydroxylation is 1. The lowest BCUT2D eigenvalue weighted by atomic mass is 10.0. The highest BCUT2D eigenvalue weighted by atomic mass is 16.5. The zero-order valence-electron chi connectivity index (χ0n) is 10.3. The molecule has 1 saturated carbocycles. The second kappa shape index (κ2) is 3.50. The molecule has 1 fully saturated rings. The average Bonchev–Trinajstić information content (AvgIpc) is 2.91. The number of aromatic amines is 1. The Morgan fingerprint density at radius 3 is 2.82 bits per heavy atom. The number of ether oxygens (including phenoxy) is 1. The van der Waals surface area contributed by atoms with Crippen LogP contribution in [0.15, 0.2) is 18.3 Å². The zero-order valence-corrected chi connectivity index (χ0v) is 10.3. The van der Waals surface area contributed by atoms with E-state index in [1.807, 2.05) is 6.20 Å². The number of H-pyrrole nitrogens is 1. The third-order valence-corrected chi connectivity index (χ3v) is 3.69. The van der Waals surface area contributed by atoms with Crippen LogP contribution in [0.25, 0.3) is 10.9 Å². The quantitative estimate of drug-likeness (QED) is 0.851. The third-order valence-electron chi connectivity index (χ3n) is 3.69. The van der Waals surface area contributed by atoms with Gasteiger partial charge in [0.05, 0.1) is 12.6 Å². The van der Waals surface area contributed by atoms with Crippen LogP contribution in [-0.4, -0.2) is 17.6 Å². The number of aromatic nitrogens is 1. The highest BCUT2D eigenvalue weighted by molar-refractivity contribution is 5.89. The number of nitrogens with two attached hydrogens (primary N) is 1. The molecule has 3 nitrogen and oxygen atoms in total. The van der Waals surface area contributed by atoms with Gasteiger partial charge in [0, 0.05) is 17.1 Å². The number of nitrogens with one attached hydrogen (secondary N) is 1. The van der Waals surface area contributed by atoms with Gasteiger partial charge in [-0.25, -0.2) is 0 Å². The van der Waals surface area contributed by atoms with Crippen molar-refractivity contribution in [2.45, 2.75) is 31.7 Å². The van der Waals surface area contributed by atoms with Gasteiger partial charge >= 0.3 is 0 Å². The van der Waals surface area contributed by atoms with Gasteiger partial charge in [-0.05, 0) is 49.4 Å². The van der Waals surface area contributed by atoms with E-state index in [4.69, 9.17) is 10.5 Å².